The minimum Gasteiger partial charge on any atom is -0.459 e. The molecule has 0 rings (SSSR count). The normalized spacial score (nSPS) is 12.1. The maximum atomic E-state index is 11.4. The van der Waals surface area contributed by atoms with E-state index in [-0.39, 0.29) is 30.5 Å². The van der Waals surface area contributed by atoms with E-state index in [4.69, 9.17) is 4.74 Å². The summed E-state index contributed by atoms with van der Waals surface area (Å²) in [6.07, 6.45) is 0. The molecule has 0 aromatic rings. The van der Waals surface area contributed by atoms with Crippen LogP contribution in [0.15, 0.2) is 0 Å². The number of ether oxygens (including phenoxy) is 1. The van der Waals surface area contributed by atoms with Crippen molar-refractivity contribution in [3.05, 3.63) is 0 Å². The molecular weight excluding hydrogens is 220 g/mol. The predicted molar refractivity (Wildman–Crippen MR) is 66.6 cm³/mol. The second kappa shape index (κ2) is 6.00. The summed E-state index contributed by atoms with van der Waals surface area (Å²) in [7, 11) is 0. The van der Waals surface area contributed by atoms with E-state index in [1.807, 2.05) is 20.8 Å². The van der Waals surface area contributed by atoms with Crippen molar-refractivity contribution in [2.75, 3.05) is 13.1 Å². The first-order chi connectivity index (χ1) is 7.49. The molecule has 17 heavy (non-hydrogen) atoms. The van der Waals surface area contributed by atoms with Crippen LogP contribution in [0.4, 0.5) is 0 Å². The highest BCUT2D eigenvalue weighted by Crippen LogP contribution is 2.06. The third-order valence-corrected chi connectivity index (χ3v) is 1.49. The molecule has 0 unspecified atom stereocenters. The fourth-order valence-electron chi connectivity index (χ4n) is 1.12. The van der Waals surface area contributed by atoms with Crippen molar-refractivity contribution in [1.29, 1.82) is 0 Å². The number of carbonyl (C=O) groups is 2. The van der Waals surface area contributed by atoms with Gasteiger partial charge in [-0.05, 0) is 41.5 Å². The van der Waals surface area contributed by atoms with Crippen molar-refractivity contribution in [3.63, 3.8) is 0 Å². The third kappa shape index (κ3) is 11.2. The number of rotatable bonds is 4. The summed E-state index contributed by atoms with van der Waals surface area (Å²) in [6, 6.07) is 0. The van der Waals surface area contributed by atoms with Gasteiger partial charge < -0.3 is 10.1 Å². The third-order valence-electron chi connectivity index (χ3n) is 1.49. The molecule has 0 aliphatic heterocycles. The van der Waals surface area contributed by atoms with Crippen LogP contribution in [0.2, 0.25) is 0 Å². The lowest BCUT2D eigenvalue weighted by Crippen LogP contribution is -2.45. The Hall–Kier alpha value is -1.10. The summed E-state index contributed by atoms with van der Waals surface area (Å²) in [5.41, 5.74) is -0.753. The van der Waals surface area contributed by atoms with Crippen LogP contribution in [0.25, 0.3) is 0 Å². The number of nitrogens with one attached hydrogen (secondary N) is 2. The minimum absolute atomic E-state index is 0.0365. The zero-order chi connectivity index (χ0) is 13.7. The lowest BCUT2D eigenvalue weighted by atomic mass is 10.1. The van der Waals surface area contributed by atoms with E-state index in [1.165, 1.54) is 0 Å². The first kappa shape index (κ1) is 15.9. The van der Waals surface area contributed by atoms with Crippen LogP contribution in [-0.2, 0) is 14.3 Å². The zero-order valence-corrected chi connectivity index (χ0v) is 11.6. The van der Waals surface area contributed by atoms with Crippen LogP contribution in [0.3, 0.4) is 0 Å². The van der Waals surface area contributed by atoms with E-state index < -0.39 is 5.60 Å². The van der Waals surface area contributed by atoms with Crippen LogP contribution in [0.1, 0.15) is 41.5 Å². The van der Waals surface area contributed by atoms with E-state index >= 15 is 0 Å². The van der Waals surface area contributed by atoms with E-state index in [1.54, 1.807) is 20.8 Å². The molecule has 0 heterocycles. The summed E-state index contributed by atoms with van der Waals surface area (Å²) < 4.78 is 5.09. The number of carbonyl (C=O) groups excluding carboxylic acids is 2. The fourth-order valence-corrected chi connectivity index (χ4v) is 1.12. The van der Waals surface area contributed by atoms with Gasteiger partial charge in [-0.3, -0.25) is 14.9 Å². The highest BCUT2D eigenvalue weighted by Gasteiger charge is 2.17. The highest BCUT2D eigenvalue weighted by atomic mass is 16.6. The van der Waals surface area contributed by atoms with Gasteiger partial charge in [0.15, 0.2) is 0 Å². The summed E-state index contributed by atoms with van der Waals surface area (Å²) in [6.45, 7) is 11.3. The van der Waals surface area contributed by atoms with Gasteiger partial charge in [-0.2, -0.15) is 0 Å². The molecule has 0 radical (unpaired) electrons. The average molecular weight is 244 g/mol. The molecule has 100 valence electrons. The van der Waals surface area contributed by atoms with Crippen LogP contribution >= 0.6 is 0 Å². The molecule has 0 atom stereocenters. The van der Waals surface area contributed by atoms with Crippen molar-refractivity contribution in [3.8, 4) is 0 Å². The standard InChI is InChI=1S/C12H24N2O3/c1-11(2,3)14-9(15)7-13-8-10(16)17-12(4,5)6/h13H,7-8H2,1-6H3,(H,14,15). The summed E-state index contributed by atoms with van der Waals surface area (Å²) in [5, 5.41) is 5.53. The minimum atomic E-state index is -0.494. The van der Waals surface area contributed by atoms with Crippen LogP contribution < -0.4 is 10.6 Å². The Morgan fingerprint density at radius 3 is 1.94 bits per heavy atom. The second-order valence-electron chi connectivity index (χ2n) is 5.99. The average Bonchev–Trinajstić information content (AvgIpc) is 1.95. The van der Waals surface area contributed by atoms with Gasteiger partial charge in [0.25, 0.3) is 0 Å². The molecule has 0 spiro atoms. The maximum Gasteiger partial charge on any atom is 0.320 e. The summed E-state index contributed by atoms with van der Waals surface area (Å²) >= 11 is 0. The molecule has 5 heteroatoms. The Labute approximate surface area is 103 Å². The fraction of sp³-hybridized carbons (Fsp3) is 0.833. The number of amides is 1. The Kier molecular flexibility index (Phi) is 5.61. The molecule has 0 fully saturated rings. The van der Waals surface area contributed by atoms with Crippen molar-refractivity contribution in [2.24, 2.45) is 0 Å². The molecule has 5 nitrogen and oxygen atoms in total. The van der Waals surface area contributed by atoms with E-state index in [0.717, 1.165) is 0 Å². The lowest BCUT2D eigenvalue weighted by molar-refractivity contribution is -0.153. The van der Waals surface area contributed by atoms with Gasteiger partial charge in [0.05, 0.1) is 13.1 Å². The van der Waals surface area contributed by atoms with E-state index in [0.29, 0.717) is 0 Å². The maximum absolute atomic E-state index is 11.4. The van der Waals surface area contributed by atoms with Crippen molar-refractivity contribution in [1.82, 2.24) is 10.6 Å². The van der Waals surface area contributed by atoms with E-state index in [2.05, 4.69) is 10.6 Å². The molecule has 2 N–H and O–H groups in total. The Bertz CT molecular complexity index is 246. The van der Waals surface area contributed by atoms with Gasteiger partial charge in [0.2, 0.25) is 5.91 Å². The van der Waals surface area contributed by atoms with E-state index in [9.17, 15) is 9.59 Å². The quantitative estimate of drug-likeness (QED) is 0.719. The van der Waals surface area contributed by atoms with Crippen molar-refractivity contribution < 1.29 is 14.3 Å². The van der Waals surface area contributed by atoms with Gasteiger partial charge in [-0.25, -0.2) is 0 Å². The predicted octanol–water partition coefficient (Wildman–Crippen LogP) is 0.832. The van der Waals surface area contributed by atoms with Gasteiger partial charge in [0.1, 0.15) is 5.60 Å². The topological polar surface area (TPSA) is 67.4 Å². The van der Waals surface area contributed by atoms with Gasteiger partial charge in [-0.15, -0.1) is 0 Å². The molecule has 0 aliphatic carbocycles. The Morgan fingerprint density at radius 2 is 1.53 bits per heavy atom. The number of esters is 1. The van der Waals surface area contributed by atoms with Crippen LogP contribution in [0.5, 0.6) is 0 Å². The molecule has 0 aromatic heterocycles. The van der Waals surface area contributed by atoms with Crippen molar-refractivity contribution >= 4 is 11.9 Å². The molecule has 0 bridgehead atoms. The molecule has 0 aliphatic rings. The Morgan fingerprint density at radius 1 is 1.00 bits per heavy atom. The van der Waals surface area contributed by atoms with Crippen LogP contribution in [0, 0.1) is 0 Å². The van der Waals surface area contributed by atoms with Gasteiger partial charge in [0, 0.05) is 5.54 Å². The number of hydrogen-bond donors (Lipinski definition) is 2. The van der Waals surface area contributed by atoms with Gasteiger partial charge in [-0.1, -0.05) is 0 Å². The van der Waals surface area contributed by atoms with Crippen LogP contribution in [-0.4, -0.2) is 36.1 Å². The lowest BCUT2D eigenvalue weighted by Gasteiger charge is -2.21. The van der Waals surface area contributed by atoms with Crippen molar-refractivity contribution in [2.45, 2.75) is 52.7 Å². The monoisotopic (exact) mass is 244 g/mol. The smallest absolute Gasteiger partial charge is 0.320 e. The first-order valence-corrected chi connectivity index (χ1v) is 5.73. The highest BCUT2D eigenvalue weighted by molar-refractivity contribution is 5.79. The molecule has 0 aromatic carbocycles. The largest absolute Gasteiger partial charge is 0.459 e. The SMILES string of the molecule is CC(C)(C)NC(=O)CNCC(=O)OC(C)(C)C. The Balaban J connectivity index is 3.78. The molecule has 0 saturated heterocycles. The molecule has 0 saturated carbocycles. The number of hydrogen-bond acceptors (Lipinski definition) is 4. The summed E-state index contributed by atoms with van der Waals surface area (Å²) in [4.78, 5) is 22.7. The zero-order valence-electron chi connectivity index (χ0n) is 11.6. The molecule has 1 amide bonds. The van der Waals surface area contributed by atoms with Gasteiger partial charge >= 0.3 is 5.97 Å². The second-order valence-corrected chi connectivity index (χ2v) is 5.99. The first-order valence-electron chi connectivity index (χ1n) is 5.73. The summed E-state index contributed by atoms with van der Waals surface area (Å²) in [5.74, 6) is -0.498. The molecular formula is C12H24N2O3.